The van der Waals surface area contributed by atoms with E-state index in [1.807, 2.05) is 6.07 Å². The van der Waals surface area contributed by atoms with Crippen LogP contribution in [0.3, 0.4) is 0 Å². The van der Waals surface area contributed by atoms with Crippen molar-refractivity contribution in [3.63, 3.8) is 0 Å². The van der Waals surface area contributed by atoms with Gasteiger partial charge in [0.15, 0.2) is 6.61 Å². The first-order valence-electron chi connectivity index (χ1n) is 6.76. The number of hydrogen-bond donors (Lipinski definition) is 1. The molecule has 23 heavy (non-hydrogen) atoms. The van der Waals surface area contributed by atoms with Crippen LogP contribution >= 0.6 is 0 Å². The maximum Gasteiger partial charge on any atom is 0.341 e. The van der Waals surface area contributed by atoms with E-state index < -0.39 is 12.6 Å². The van der Waals surface area contributed by atoms with Crippen LogP contribution in [-0.2, 0) is 4.79 Å². The molecule has 0 fully saturated rings. The van der Waals surface area contributed by atoms with E-state index in [9.17, 15) is 14.9 Å². The average Bonchev–Trinajstić information content (AvgIpc) is 2.58. The van der Waals surface area contributed by atoms with Gasteiger partial charge < -0.3 is 9.84 Å². The number of carboxylic acid groups (broad SMARTS) is 1. The van der Waals surface area contributed by atoms with Gasteiger partial charge in [0.1, 0.15) is 17.4 Å². The van der Waals surface area contributed by atoms with Crippen molar-refractivity contribution in [1.29, 1.82) is 5.26 Å². The van der Waals surface area contributed by atoms with Crippen LogP contribution in [-0.4, -0.2) is 23.5 Å². The summed E-state index contributed by atoms with van der Waals surface area (Å²) in [4.78, 5) is 22.8. The summed E-state index contributed by atoms with van der Waals surface area (Å²) in [6.07, 6.45) is 1.45. The summed E-state index contributed by atoms with van der Waals surface area (Å²) in [6, 6.07) is 16.9. The molecule has 0 unspecified atom stereocenters. The molecule has 0 amide bonds. The first-order valence-corrected chi connectivity index (χ1v) is 6.76. The molecule has 2 aromatic rings. The first-order chi connectivity index (χ1) is 11.1. The summed E-state index contributed by atoms with van der Waals surface area (Å²) in [7, 11) is 0. The molecule has 1 N–H and O–H groups in total. The SMILES string of the molecule is N#C/C(=C\c1cccc(OCC(=O)O)c1)C(=O)c1ccccc1. The fraction of sp³-hybridized carbons (Fsp3) is 0.0556. The van der Waals surface area contributed by atoms with Gasteiger partial charge in [-0.05, 0) is 23.8 Å². The lowest BCUT2D eigenvalue weighted by atomic mass is 10.0. The van der Waals surface area contributed by atoms with Gasteiger partial charge in [0.25, 0.3) is 0 Å². The predicted molar refractivity (Wildman–Crippen MR) is 83.9 cm³/mol. The Morgan fingerprint density at radius 1 is 1.13 bits per heavy atom. The Morgan fingerprint density at radius 2 is 1.87 bits per heavy atom. The van der Waals surface area contributed by atoms with Gasteiger partial charge >= 0.3 is 5.97 Å². The maximum absolute atomic E-state index is 12.3. The van der Waals surface area contributed by atoms with E-state index in [4.69, 9.17) is 9.84 Å². The standard InChI is InChI=1S/C18H13NO4/c19-11-15(18(22)14-6-2-1-3-7-14)9-13-5-4-8-16(10-13)23-12-17(20)21/h1-10H,12H2,(H,20,21)/b15-9+. The molecule has 0 aliphatic carbocycles. The zero-order chi connectivity index (χ0) is 16.7. The number of nitrogens with zero attached hydrogens (tertiary/aromatic N) is 1. The molecule has 0 radical (unpaired) electrons. The van der Waals surface area contributed by atoms with E-state index in [1.165, 1.54) is 6.08 Å². The second-order valence-electron chi connectivity index (χ2n) is 4.62. The first kappa shape index (κ1) is 16.0. The number of carbonyl (C=O) groups excluding carboxylic acids is 1. The van der Waals surface area contributed by atoms with Gasteiger partial charge in [-0.1, -0.05) is 42.5 Å². The van der Waals surface area contributed by atoms with Crippen molar-refractivity contribution >= 4 is 17.8 Å². The van der Waals surface area contributed by atoms with E-state index in [1.54, 1.807) is 54.6 Å². The lowest BCUT2D eigenvalue weighted by Gasteiger charge is -2.04. The van der Waals surface area contributed by atoms with Gasteiger partial charge in [0, 0.05) is 5.56 Å². The third-order valence-electron chi connectivity index (χ3n) is 2.93. The highest BCUT2D eigenvalue weighted by Gasteiger charge is 2.11. The largest absolute Gasteiger partial charge is 0.482 e. The molecule has 5 heteroatoms. The number of rotatable bonds is 6. The molecule has 0 spiro atoms. The number of allylic oxidation sites excluding steroid dienone is 1. The second-order valence-corrected chi connectivity index (χ2v) is 4.62. The summed E-state index contributed by atoms with van der Waals surface area (Å²) in [5.41, 5.74) is 0.999. The number of aliphatic carboxylic acids is 1. The molecule has 2 aromatic carbocycles. The zero-order valence-electron chi connectivity index (χ0n) is 12.1. The fourth-order valence-corrected chi connectivity index (χ4v) is 1.90. The molecule has 0 saturated carbocycles. The molecular formula is C18H13NO4. The zero-order valence-corrected chi connectivity index (χ0v) is 12.1. The summed E-state index contributed by atoms with van der Waals surface area (Å²) < 4.78 is 5.07. The van der Waals surface area contributed by atoms with Crippen molar-refractivity contribution in [2.75, 3.05) is 6.61 Å². The van der Waals surface area contributed by atoms with Crippen LogP contribution in [0.2, 0.25) is 0 Å². The van der Waals surface area contributed by atoms with Gasteiger partial charge in [0.05, 0.1) is 0 Å². The van der Waals surface area contributed by atoms with Gasteiger partial charge in [-0.25, -0.2) is 4.79 Å². The molecule has 0 aliphatic rings. The van der Waals surface area contributed by atoms with Crippen LogP contribution in [0.15, 0.2) is 60.2 Å². The monoisotopic (exact) mass is 307 g/mol. The van der Waals surface area contributed by atoms with Crippen LogP contribution in [0.5, 0.6) is 5.75 Å². The topological polar surface area (TPSA) is 87.4 Å². The van der Waals surface area contributed by atoms with Crippen molar-refractivity contribution in [2.24, 2.45) is 0 Å². The Bertz CT molecular complexity index is 788. The molecule has 2 rings (SSSR count). The third-order valence-corrected chi connectivity index (χ3v) is 2.93. The van der Waals surface area contributed by atoms with E-state index in [0.29, 0.717) is 16.9 Å². The summed E-state index contributed by atoms with van der Waals surface area (Å²) in [6.45, 7) is -0.457. The van der Waals surface area contributed by atoms with Gasteiger partial charge in [-0.2, -0.15) is 5.26 Å². The quantitative estimate of drug-likeness (QED) is 0.503. The number of benzene rings is 2. The molecule has 0 aliphatic heterocycles. The van der Waals surface area contributed by atoms with Gasteiger partial charge in [0.2, 0.25) is 5.78 Å². The smallest absolute Gasteiger partial charge is 0.341 e. The molecule has 5 nitrogen and oxygen atoms in total. The number of nitriles is 1. The summed E-state index contributed by atoms with van der Waals surface area (Å²) in [5, 5.41) is 17.8. The predicted octanol–water partition coefficient (Wildman–Crippen LogP) is 2.94. The molecule has 0 atom stereocenters. The van der Waals surface area contributed by atoms with Crippen LogP contribution in [0, 0.1) is 11.3 Å². The van der Waals surface area contributed by atoms with E-state index in [0.717, 1.165) is 0 Å². The normalized spacial score (nSPS) is 10.7. The molecule has 0 heterocycles. The molecule has 0 saturated heterocycles. The van der Waals surface area contributed by atoms with E-state index >= 15 is 0 Å². The highest BCUT2D eigenvalue weighted by molar-refractivity contribution is 6.14. The minimum absolute atomic E-state index is 0.00779. The lowest BCUT2D eigenvalue weighted by molar-refractivity contribution is -0.139. The maximum atomic E-state index is 12.3. The van der Waals surface area contributed by atoms with Crippen LogP contribution in [0.4, 0.5) is 0 Å². The number of ether oxygens (including phenoxy) is 1. The number of ketones is 1. The average molecular weight is 307 g/mol. The van der Waals surface area contributed by atoms with Crippen molar-refractivity contribution < 1.29 is 19.4 Å². The fourth-order valence-electron chi connectivity index (χ4n) is 1.90. The van der Waals surface area contributed by atoms with Crippen molar-refractivity contribution in [3.05, 3.63) is 71.3 Å². The number of carbonyl (C=O) groups is 2. The molecular weight excluding hydrogens is 294 g/mol. The summed E-state index contributed by atoms with van der Waals surface area (Å²) in [5.74, 6) is -1.10. The van der Waals surface area contributed by atoms with E-state index in [2.05, 4.69) is 0 Å². The number of hydrogen-bond acceptors (Lipinski definition) is 4. The highest BCUT2D eigenvalue weighted by atomic mass is 16.5. The Balaban J connectivity index is 2.25. The Labute approximate surface area is 133 Å². The van der Waals surface area contributed by atoms with Crippen LogP contribution in [0.25, 0.3) is 6.08 Å². The number of carboxylic acids is 1. The molecule has 114 valence electrons. The van der Waals surface area contributed by atoms with Crippen molar-refractivity contribution in [2.45, 2.75) is 0 Å². The van der Waals surface area contributed by atoms with Gasteiger partial charge in [-0.3, -0.25) is 4.79 Å². The van der Waals surface area contributed by atoms with Crippen molar-refractivity contribution in [1.82, 2.24) is 0 Å². The Hall–Kier alpha value is -3.39. The minimum Gasteiger partial charge on any atom is -0.482 e. The van der Waals surface area contributed by atoms with Crippen LogP contribution in [0.1, 0.15) is 15.9 Å². The van der Waals surface area contributed by atoms with Crippen LogP contribution < -0.4 is 4.74 Å². The Morgan fingerprint density at radius 3 is 2.52 bits per heavy atom. The Kier molecular flexibility index (Phi) is 5.26. The third kappa shape index (κ3) is 4.55. The minimum atomic E-state index is -1.08. The number of Topliss-reactive ketones (excluding diaryl/α,β-unsaturated/α-hetero) is 1. The lowest BCUT2D eigenvalue weighted by Crippen LogP contribution is -2.09. The van der Waals surface area contributed by atoms with Crippen molar-refractivity contribution in [3.8, 4) is 11.8 Å². The second kappa shape index (κ2) is 7.57. The molecule has 0 aromatic heterocycles. The molecule has 0 bridgehead atoms. The van der Waals surface area contributed by atoms with E-state index in [-0.39, 0.29) is 11.4 Å². The van der Waals surface area contributed by atoms with Gasteiger partial charge in [-0.15, -0.1) is 0 Å². The highest BCUT2D eigenvalue weighted by Crippen LogP contribution is 2.17. The summed E-state index contributed by atoms with van der Waals surface area (Å²) >= 11 is 0.